The van der Waals surface area contributed by atoms with Crippen LogP contribution in [-0.4, -0.2) is 80.6 Å². The molecule has 138 valence electrons. The summed E-state index contributed by atoms with van der Waals surface area (Å²) < 4.78 is 5.50. The van der Waals surface area contributed by atoms with Gasteiger partial charge in [0.1, 0.15) is 5.75 Å². The van der Waals surface area contributed by atoms with Gasteiger partial charge in [0.15, 0.2) is 0 Å². The molecule has 0 aliphatic carbocycles. The first-order valence-electron chi connectivity index (χ1n) is 9.38. The highest BCUT2D eigenvalue weighted by Gasteiger charge is 2.29. The molecule has 0 bridgehead atoms. The van der Waals surface area contributed by atoms with Gasteiger partial charge in [-0.3, -0.25) is 9.69 Å². The summed E-state index contributed by atoms with van der Waals surface area (Å²) in [5, 5.41) is 0. The van der Waals surface area contributed by atoms with E-state index in [1.54, 1.807) is 7.11 Å². The maximum absolute atomic E-state index is 12.6. The molecule has 1 aromatic rings. The molecule has 2 aliphatic heterocycles. The van der Waals surface area contributed by atoms with Crippen molar-refractivity contribution in [1.29, 1.82) is 0 Å². The number of nitrogens with zero attached hydrogens (tertiary/aromatic N) is 3. The van der Waals surface area contributed by atoms with Crippen LogP contribution in [0.4, 0.5) is 0 Å². The number of para-hydroxylation sites is 1. The van der Waals surface area contributed by atoms with Crippen molar-refractivity contribution in [2.75, 3.05) is 53.9 Å². The third-order valence-electron chi connectivity index (χ3n) is 5.76. The van der Waals surface area contributed by atoms with E-state index in [4.69, 9.17) is 4.74 Å². The van der Waals surface area contributed by atoms with Crippen LogP contribution >= 0.6 is 0 Å². The molecule has 2 fully saturated rings. The molecule has 2 aliphatic rings. The molecule has 1 amide bonds. The van der Waals surface area contributed by atoms with Gasteiger partial charge in [-0.15, -0.1) is 0 Å². The Morgan fingerprint density at radius 2 is 1.88 bits per heavy atom. The molecule has 3 rings (SSSR count). The van der Waals surface area contributed by atoms with Gasteiger partial charge in [0.05, 0.1) is 13.7 Å². The Hall–Kier alpha value is -1.59. The van der Waals surface area contributed by atoms with Crippen molar-refractivity contribution in [2.45, 2.75) is 31.2 Å². The van der Waals surface area contributed by atoms with E-state index < -0.39 is 0 Å². The summed E-state index contributed by atoms with van der Waals surface area (Å²) in [6.45, 7) is 4.32. The highest BCUT2D eigenvalue weighted by molar-refractivity contribution is 5.78. The zero-order valence-electron chi connectivity index (χ0n) is 15.8. The molecule has 0 aromatic heterocycles. The molecule has 1 aromatic carbocycles. The van der Waals surface area contributed by atoms with Crippen molar-refractivity contribution < 1.29 is 9.53 Å². The number of likely N-dealkylation sites (tertiary alicyclic amines) is 2. The molecule has 0 unspecified atom stereocenters. The molecular formula is C20H31N3O2. The van der Waals surface area contributed by atoms with Crippen molar-refractivity contribution in [3.63, 3.8) is 0 Å². The first-order valence-corrected chi connectivity index (χ1v) is 9.38. The largest absolute Gasteiger partial charge is 0.496 e. The van der Waals surface area contributed by atoms with E-state index in [1.165, 1.54) is 5.56 Å². The van der Waals surface area contributed by atoms with Crippen molar-refractivity contribution in [3.8, 4) is 5.75 Å². The Balaban J connectivity index is 1.50. The molecule has 5 nitrogen and oxygen atoms in total. The number of amides is 1. The Labute approximate surface area is 151 Å². The number of hydrogen-bond donors (Lipinski definition) is 0. The molecule has 0 saturated carbocycles. The predicted octanol–water partition coefficient (Wildman–Crippen LogP) is 2.04. The SMILES string of the molecule is COc1ccccc1C1CCN(C(=O)CN2CC[C@@H](N(C)C)C2)CC1. The van der Waals surface area contributed by atoms with Crippen LogP contribution in [0.5, 0.6) is 5.75 Å². The van der Waals surface area contributed by atoms with Gasteiger partial charge in [0, 0.05) is 32.2 Å². The minimum absolute atomic E-state index is 0.290. The lowest BCUT2D eigenvalue weighted by atomic mass is 9.89. The fourth-order valence-corrected chi connectivity index (χ4v) is 4.11. The monoisotopic (exact) mass is 345 g/mol. The van der Waals surface area contributed by atoms with Crippen LogP contribution in [0.2, 0.25) is 0 Å². The Bertz CT molecular complexity index is 582. The average Bonchev–Trinajstić information content (AvgIpc) is 3.10. The van der Waals surface area contributed by atoms with Crippen LogP contribution in [0.15, 0.2) is 24.3 Å². The van der Waals surface area contributed by atoms with Crippen molar-refractivity contribution in [2.24, 2.45) is 0 Å². The summed E-state index contributed by atoms with van der Waals surface area (Å²) in [5.74, 6) is 1.75. The van der Waals surface area contributed by atoms with Gasteiger partial charge in [-0.05, 0) is 50.9 Å². The first-order chi connectivity index (χ1) is 12.1. The molecule has 0 spiro atoms. The molecule has 2 saturated heterocycles. The summed E-state index contributed by atoms with van der Waals surface area (Å²) in [4.78, 5) is 19.3. The van der Waals surface area contributed by atoms with Crippen molar-refractivity contribution >= 4 is 5.91 Å². The number of ether oxygens (including phenoxy) is 1. The van der Waals surface area contributed by atoms with E-state index in [2.05, 4.69) is 40.9 Å². The molecule has 0 radical (unpaired) electrons. The maximum Gasteiger partial charge on any atom is 0.236 e. The third kappa shape index (κ3) is 4.33. The Morgan fingerprint density at radius 1 is 1.16 bits per heavy atom. The fourth-order valence-electron chi connectivity index (χ4n) is 4.11. The first kappa shape index (κ1) is 18.2. The lowest BCUT2D eigenvalue weighted by Crippen LogP contribution is -2.44. The highest BCUT2D eigenvalue weighted by atomic mass is 16.5. The van der Waals surface area contributed by atoms with E-state index in [1.807, 2.05) is 12.1 Å². The molecular weight excluding hydrogens is 314 g/mol. The fraction of sp³-hybridized carbons (Fsp3) is 0.650. The van der Waals surface area contributed by atoms with E-state index in [9.17, 15) is 4.79 Å². The van der Waals surface area contributed by atoms with Crippen LogP contribution < -0.4 is 4.74 Å². The number of piperidine rings is 1. The number of likely N-dealkylation sites (N-methyl/N-ethyl adjacent to an activating group) is 1. The quantitative estimate of drug-likeness (QED) is 0.818. The van der Waals surface area contributed by atoms with Crippen molar-refractivity contribution in [3.05, 3.63) is 29.8 Å². The summed E-state index contributed by atoms with van der Waals surface area (Å²) in [6, 6.07) is 8.86. The second-order valence-corrected chi connectivity index (χ2v) is 7.54. The van der Waals surface area contributed by atoms with Crippen LogP contribution in [0.25, 0.3) is 0 Å². The van der Waals surface area contributed by atoms with Crippen molar-refractivity contribution in [1.82, 2.24) is 14.7 Å². The predicted molar refractivity (Wildman–Crippen MR) is 100 cm³/mol. The van der Waals surface area contributed by atoms with E-state index in [0.29, 0.717) is 18.5 Å². The summed E-state index contributed by atoms with van der Waals surface area (Å²) in [5.41, 5.74) is 1.28. The van der Waals surface area contributed by atoms with Gasteiger partial charge >= 0.3 is 0 Å². The second-order valence-electron chi connectivity index (χ2n) is 7.54. The number of hydrogen-bond acceptors (Lipinski definition) is 4. The second kappa shape index (κ2) is 8.19. The molecule has 0 N–H and O–H groups in total. The molecule has 25 heavy (non-hydrogen) atoms. The minimum Gasteiger partial charge on any atom is -0.496 e. The number of carbonyl (C=O) groups excluding carboxylic acids is 1. The average molecular weight is 345 g/mol. The van der Waals surface area contributed by atoms with E-state index in [-0.39, 0.29) is 5.91 Å². The number of carbonyl (C=O) groups is 1. The Morgan fingerprint density at radius 3 is 2.52 bits per heavy atom. The van der Waals surface area contributed by atoms with Gasteiger partial charge in [-0.25, -0.2) is 0 Å². The smallest absolute Gasteiger partial charge is 0.236 e. The zero-order chi connectivity index (χ0) is 17.8. The van der Waals surface area contributed by atoms with E-state index in [0.717, 1.165) is 51.2 Å². The minimum atomic E-state index is 0.290. The van der Waals surface area contributed by atoms with E-state index >= 15 is 0 Å². The van der Waals surface area contributed by atoms with Crippen LogP contribution in [-0.2, 0) is 4.79 Å². The number of methoxy groups -OCH3 is 1. The number of rotatable bonds is 5. The van der Waals surface area contributed by atoms with Gasteiger partial charge in [-0.2, -0.15) is 0 Å². The standard InChI is InChI=1S/C20H31N3O2/c1-21(2)17-10-11-22(14-17)15-20(24)23-12-8-16(9-13-23)18-6-4-5-7-19(18)25-3/h4-7,16-17H,8-15H2,1-3H3/t17-/m1/s1. The lowest BCUT2D eigenvalue weighted by molar-refractivity contribution is -0.133. The zero-order valence-corrected chi connectivity index (χ0v) is 15.8. The third-order valence-corrected chi connectivity index (χ3v) is 5.76. The maximum atomic E-state index is 12.6. The normalized spacial score (nSPS) is 22.6. The highest BCUT2D eigenvalue weighted by Crippen LogP contribution is 2.34. The van der Waals surface area contributed by atoms with Crippen LogP contribution in [0.3, 0.4) is 0 Å². The Kier molecular flexibility index (Phi) is 5.97. The van der Waals surface area contributed by atoms with Gasteiger partial charge in [-0.1, -0.05) is 18.2 Å². The van der Waals surface area contributed by atoms with Gasteiger partial charge in [0.25, 0.3) is 0 Å². The number of benzene rings is 1. The molecule has 5 heteroatoms. The summed E-state index contributed by atoms with van der Waals surface area (Å²) in [7, 11) is 5.98. The molecule has 2 heterocycles. The van der Waals surface area contributed by atoms with Crippen LogP contribution in [0.1, 0.15) is 30.7 Å². The summed E-state index contributed by atoms with van der Waals surface area (Å²) >= 11 is 0. The summed E-state index contributed by atoms with van der Waals surface area (Å²) in [6.07, 6.45) is 3.20. The van der Waals surface area contributed by atoms with Gasteiger partial charge in [0.2, 0.25) is 5.91 Å². The molecule has 1 atom stereocenters. The lowest BCUT2D eigenvalue weighted by Gasteiger charge is -2.33. The van der Waals surface area contributed by atoms with Gasteiger partial charge < -0.3 is 14.5 Å². The van der Waals surface area contributed by atoms with Crippen LogP contribution in [0, 0.1) is 0 Å². The topological polar surface area (TPSA) is 36.0 Å².